The molecule has 0 aliphatic rings. The van der Waals surface area contributed by atoms with Gasteiger partial charge in [0.05, 0.1) is 12.8 Å². The third-order valence-electron chi connectivity index (χ3n) is 3.70. The molecule has 0 amide bonds. The van der Waals surface area contributed by atoms with Gasteiger partial charge in [-0.25, -0.2) is 0 Å². The van der Waals surface area contributed by atoms with Crippen LogP contribution >= 0.6 is 0 Å². The molecule has 0 bridgehead atoms. The number of ether oxygens (including phenoxy) is 1. The molecule has 114 valence electrons. The van der Waals surface area contributed by atoms with Crippen LogP contribution < -0.4 is 10.1 Å². The number of hydrogen-bond acceptors (Lipinski definition) is 3. The van der Waals surface area contributed by atoms with Crippen LogP contribution in [0.5, 0.6) is 5.75 Å². The van der Waals surface area contributed by atoms with Crippen molar-refractivity contribution in [2.45, 2.75) is 39.3 Å². The monoisotopic (exact) mass is 287 g/mol. The Hall–Kier alpha value is -1.81. The summed E-state index contributed by atoms with van der Waals surface area (Å²) in [6.45, 7) is 7.36. The molecule has 0 saturated heterocycles. The van der Waals surface area contributed by atoms with Gasteiger partial charge in [0.1, 0.15) is 5.75 Å². The molecule has 1 N–H and O–H groups in total. The van der Waals surface area contributed by atoms with E-state index in [1.54, 1.807) is 7.11 Å². The van der Waals surface area contributed by atoms with Crippen LogP contribution in [-0.4, -0.2) is 16.9 Å². The Morgan fingerprint density at radius 3 is 2.43 bits per heavy atom. The second-order valence-electron chi connectivity index (χ2n) is 5.74. The molecule has 1 heterocycles. The van der Waals surface area contributed by atoms with E-state index in [4.69, 9.17) is 4.74 Å². The van der Waals surface area contributed by atoms with E-state index >= 15 is 0 Å². The van der Waals surface area contributed by atoms with E-state index in [1.165, 1.54) is 16.8 Å². The van der Waals surface area contributed by atoms with Crippen LogP contribution in [0.15, 0.2) is 30.5 Å². The van der Waals surface area contributed by atoms with Gasteiger partial charge in [-0.1, -0.05) is 26.0 Å². The van der Waals surface area contributed by atoms with E-state index in [-0.39, 0.29) is 6.04 Å². The lowest BCUT2D eigenvalue weighted by Gasteiger charge is -2.15. The van der Waals surface area contributed by atoms with Crippen molar-refractivity contribution in [2.75, 3.05) is 7.11 Å². The molecule has 0 saturated carbocycles. The normalized spacial score (nSPS) is 12.7. The molecule has 4 heteroatoms. The Morgan fingerprint density at radius 1 is 1.19 bits per heavy atom. The van der Waals surface area contributed by atoms with E-state index in [9.17, 15) is 0 Å². The number of methoxy groups -OCH3 is 1. The highest BCUT2D eigenvalue weighted by Crippen LogP contribution is 2.20. The number of nitrogens with one attached hydrogen (secondary N) is 1. The average Bonchev–Trinajstić information content (AvgIpc) is 2.86. The Morgan fingerprint density at radius 2 is 1.86 bits per heavy atom. The van der Waals surface area contributed by atoms with Crippen LogP contribution in [0.3, 0.4) is 0 Å². The minimum Gasteiger partial charge on any atom is -0.497 e. The summed E-state index contributed by atoms with van der Waals surface area (Å²) in [5, 5.41) is 8.11. The summed E-state index contributed by atoms with van der Waals surface area (Å²) < 4.78 is 7.08. The minimum absolute atomic E-state index is 0.288. The van der Waals surface area contributed by atoms with Gasteiger partial charge < -0.3 is 10.1 Å². The van der Waals surface area contributed by atoms with Crippen LogP contribution in [0.2, 0.25) is 0 Å². The summed E-state index contributed by atoms with van der Waals surface area (Å²) in [4.78, 5) is 0. The standard InChI is InChI=1S/C17H25N3O/c1-12(2)17-15(11-20(4)19-17)10-18-13(3)14-6-8-16(21-5)9-7-14/h6-9,11-13,18H,10H2,1-5H3/t13-/m1/s1. The Bertz CT molecular complexity index is 572. The van der Waals surface area contributed by atoms with Crippen LogP contribution in [0.1, 0.15) is 49.6 Å². The van der Waals surface area contributed by atoms with Crippen molar-refractivity contribution >= 4 is 0 Å². The average molecular weight is 287 g/mol. The zero-order chi connectivity index (χ0) is 15.4. The zero-order valence-corrected chi connectivity index (χ0v) is 13.6. The molecule has 2 rings (SSSR count). The molecule has 4 nitrogen and oxygen atoms in total. The smallest absolute Gasteiger partial charge is 0.118 e. The second-order valence-corrected chi connectivity index (χ2v) is 5.74. The molecular formula is C17H25N3O. The van der Waals surface area contributed by atoms with Gasteiger partial charge in [0.15, 0.2) is 0 Å². The van der Waals surface area contributed by atoms with Gasteiger partial charge in [-0.15, -0.1) is 0 Å². The Balaban J connectivity index is 2.01. The number of aryl methyl sites for hydroxylation is 1. The first-order valence-electron chi connectivity index (χ1n) is 7.41. The lowest BCUT2D eigenvalue weighted by Crippen LogP contribution is -2.18. The molecular weight excluding hydrogens is 262 g/mol. The van der Waals surface area contributed by atoms with Crippen LogP contribution in [0.4, 0.5) is 0 Å². The summed E-state index contributed by atoms with van der Waals surface area (Å²) in [6.07, 6.45) is 2.10. The van der Waals surface area contributed by atoms with Crippen LogP contribution in [0, 0.1) is 0 Å². The van der Waals surface area contributed by atoms with Gasteiger partial charge in [-0.05, 0) is 30.5 Å². The third kappa shape index (κ3) is 3.85. The van der Waals surface area contributed by atoms with Crippen molar-refractivity contribution in [1.82, 2.24) is 15.1 Å². The van der Waals surface area contributed by atoms with Gasteiger partial charge in [-0.3, -0.25) is 4.68 Å². The molecule has 0 aliphatic heterocycles. The highest BCUT2D eigenvalue weighted by Gasteiger charge is 2.12. The largest absolute Gasteiger partial charge is 0.497 e. The van der Waals surface area contributed by atoms with Gasteiger partial charge in [0.25, 0.3) is 0 Å². The highest BCUT2D eigenvalue weighted by molar-refractivity contribution is 5.29. The zero-order valence-electron chi connectivity index (χ0n) is 13.6. The fourth-order valence-corrected chi connectivity index (χ4v) is 2.45. The molecule has 0 unspecified atom stereocenters. The van der Waals surface area contributed by atoms with Crippen molar-refractivity contribution < 1.29 is 4.74 Å². The molecule has 0 spiro atoms. The van der Waals surface area contributed by atoms with E-state index in [0.717, 1.165) is 12.3 Å². The van der Waals surface area contributed by atoms with E-state index in [1.807, 2.05) is 23.9 Å². The van der Waals surface area contributed by atoms with Gasteiger partial charge in [-0.2, -0.15) is 5.10 Å². The first kappa shape index (κ1) is 15.6. The number of hydrogen-bond donors (Lipinski definition) is 1. The maximum absolute atomic E-state index is 5.19. The quantitative estimate of drug-likeness (QED) is 0.885. The third-order valence-corrected chi connectivity index (χ3v) is 3.70. The Labute approximate surface area is 127 Å². The molecule has 1 aromatic carbocycles. The van der Waals surface area contributed by atoms with Gasteiger partial charge in [0.2, 0.25) is 0 Å². The van der Waals surface area contributed by atoms with E-state index in [0.29, 0.717) is 5.92 Å². The minimum atomic E-state index is 0.288. The van der Waals surface area contributed by atoms with Crippen molar-refractivity contribution in [3.8, 4) is 5.75 Å². The number of rotatable bonds is 6. The first-order chi connectivity index (χ1) is 10.0. The maximum atomic E-state index is 5.19. The number of benzene rings is 1. The summed E-state index contributed by atoms with van der Waals surface area (Å²) in [7, 11) is 3.66. The molecule has 0 aliphatic carbocycles. The molecule has 21 heavy (non-hydrogen) atoms. The topological polar surface area (TPSA) is 39.1 Å². The summed E-state index contributed by atoms with van der Waals surface area (Å²) in [6, 6.07) is 8.48. The van der Waals surface area contributed by atoms with Crippen LogP contribution in [-0.2, 0) is 13.6 Å². The van der Waals surface area contributed by atoms with Crippen LogP contribution in [0.25, 0.3) is 0 Å². The molecule has 1 atom stereocenters. The molecule has 0 fully saturated rings. The summed E-state index contributed by atoms with van der Waals surface area (Å²) >= 11 is 0. The fraction of sp³-hybridized carbons (Fsp3) is 0.471. The van der Waals surface area contributed by atoms with Crippen molar-refractivity contribution in [3.05, 3.63) is 47.3 Å². The van der Waals surface area contributed by atoms with Crippen molar-refractivity contribution in [3.63, 3.8) is 0 Å². The second kappa shape index (κ2) is 6.76. The fourth-order valence-electron chi connectivity index (χ4n) is 2.45. The molecule has 2 aromatic rings. The number of aromatic nitrogens is 2. The SMILES string of the molecule is COc1ccc([C@@H](C)NCc2cn(C)nc2C(C)C)cc1. The molecule has 0 radical (unpaired) electrons. The summed E-state index contributed by atoms with van der Waals surface area (Å²) in [5.74, 6) is 1.33. The summed E-state index contributed by atoms with van der Waals surface area (Å²) in [5.41, 5.74) is 3.70. The first-order valence-corrected chi connectivity index (χ1v) is 7.41. The Kier molecular flexibility index (Phi) is 5.02. The molecule has 1 aromatic heterocycles. The van der Waals surface area contributed by atoms with Crippen molar-refractivity contribution in [1.29, 1.82) is 0 Å². The lowest BCUT2D eigenvalue weighted by molar-refractivity contribution is 0.414. The van der Waals surface area contributed by atoms with E-state index in [2.05, 4.69) is 49.5 Å². The van der Waals surface area contributed by atoms with Crippen molar-refractivity contribution in [2.24, 2.45) is 7.05 Å². The van der Waals surface area contributed by atoms with Gasteiger partial charge >= 0.3 is 0 Å². The van der Waals surface area contributed by atoms with E-state index < -0.39 is 0 Å². The van der Waals surface area contributed by atoms with Gasteiger partial charge in [0, 0.05) is 31.4 Å². The predicted octanol–water partition coefficient (Wildman–Crippen LogP) is 3.40. The predicted molar refractivity (Wildman–Crippen MR) is 85.5 cm³/mol. The highest BCUT2D eigenvalue weighted by atomic mass is 16.5. The maximum Gasteiger partial charge on any atom is 0.118 e. The lowest BCUT2D eigenvalue weighted by atomic mass is 10.0. The number of nitrogens with zero attached hydrogens (tertiary/aromatic N) is 2.